The molecule has 0 amide bonds. The van der Waals surface area contributed by atoms with Crippen molar-refractivity contribution in [1.82, 2.24) is 15.1 Å². The van der Waals surface area contributed by atoms with Gasteiger partial charge in [0.2, 0.25) is 5.13 Å². The summed E-state index contributed by atoms with van der Waals surface area (Å²) in [6.07, 6.45) is 6.81. The molecular formula is C13H24N4S. The van der Waals surface area contributed by atoms with Crippen LogP contribution in [0, 0.1) is 5.92 Å². The van der Waals surface area contributed by atoms with Crippen LogP contribution in [0.1, 0.15) is 44.0 Å². The Hall–Kier alpha value is -0.680. The van der Waals surface area contributed by atoms with Crippen molar-refractivity contribution in [3.05, 3.63) is 5.01 Å². The minimum atomic E-state index is 0.731. The molecule has 0 bridgehead atoms. The number of rotatable bonds is 5. The van der Waals surface area contributed by atoms with Crippen LogP contribution in [-0.4, -0.2) is 35.2 Å². The summed E-state index contributed by atoms with van der Waals surface area (Å²) >= 11 is 1.66. The fraction of sp³-hybridized carbons (Fsp3) is 0.846. The van der Waals surface area contributed by atoms with Gasteiger partial charge in [0.05, 0.1) is 6.54 Å². The van der Waals surface area contributed by atoms with Crippen molar-refractivity contribution in [3.8, 4) is 0 Å². The Labute approximate surface area is 114 Å². The van der Waals surface area contributed by atoms with Crippen molar-refractivity contribution in [2.24, 2.45) is 5.92 Å². The Morgan fingerprint density at radius 2 is 2.00 bits per heavy atom. The summed E-state index contributed by atoms with van der Waals surface area (Å²) in [5.74, 6) is 0.965. The van der Waals surface area contributed by atoms with Crippen LogP contribution in [-0.2, 0) is 6.54 Å². The van der Waals surface area contributed by atoms with E-state index in [1.807, 2.05) is 7.05 Å². The normalized spacial score (nSPS) is 24.4. The lowest BCUT2D eigenvalue weighted by molar-refractivity contribution is 0.157. The van der Waals surface area contributed by atoms with Crippen molar-refractivity contribution < 1.29 is 0 Å². The molecule has 2 rings (SSSR count). The van der Waals surface area contributed by atoms with Crippen LogP contribution < -0.4 is 5.32 Å². The summed E-state index contributed by atoms with van der Waals surface area (Å²) in [6, 6.07) is 0.731. The van der Waals surface area contributed by atoms with Gasteiger partial charge in [0.25, 0.3) is 0 Å². The average Bonchev–Trinajstić information content (AvgIpc) is 2.86. The van der Waals surface area contributed by atoms with Gasteiger partial charge in [-0.25, -0.2) is 0 Å². The van der Waals surface area contributed by atoms with Gasteiger partial charge in [0.1, 0.15) is 5.01 Å². The van der Waals surface area contributed by atoms with E-state index >= 15 is 0 Å². The molecule has 1 N–H and O–H groups in total. The smallest absolute Gasteiger partial charge is 0.205 e. The zero-order chi connectivity index (χ0) is 13.0. The molecule has 0 saturated heterocycles. The van der Waals surface area contributed by atoms with Gasteiger partial charge in [0.15, 0.2) is 0 Å². The fourth-order valence-electron chi connectivity index (χ4n) is 2.75. The highest BCUT2D eigenvalue weighted by molar-refractivity contribution is 7.15. The van der Waals surface area contributed by atoms with Crippen LogP contribution >= 0.6 is 11.3 Å². The molecule has 0 atom stereocenters. The lowest BCUT2D eigenvalue weighted by Gasteiger charge is -2.33. The molecule has 0 unspecified atom stereocenters. The molecule has 102 valence electrons. The molecule has 0 radical (unpaired) electrons. The summed E-state index contributed by atoms with van der Waals surface area (Å²) in [7, 11) is 4.11. The van der Waals surface area contributed by atoms with Crippen molar-refractivity contribution in [2.45, 2.75) is 51.6 Å². The molecular weight excluding hydrogens is 244 g/mol. The van der Waals surface area contributed by atoms with E-state index < -0.39 is 0 Å². The first-order valence-corrected chi connectivity index (χ1v) is 7.75. The minimum Gasteiger partial charge on any atom is -0.363 e. The van der Waals surface area contributed by atoms with Gasteiger partial charge in [0, 0.05) is 13.1 Å². The third-order valence-electron chi connectivity index (χ3n) is 4.08. The third kappa shape index (κ3) is 3.42. The average molecular weight is 268 g/mol. The quantitative estimate of drug-likeness (QED) is 0.891. The van der Waals surface area contributed by atoms with Gasteiger partial charge >= 0.3 is 0 Å². The summed E-state index contributed by atoms with van der Waals surface area (Å²) in [4.78, 5) is 2.45. The molecule has 1 saturated carbocycles. The molecule has 0 aliphatic heterocycles. The maximum absolute atomic E-state index is 4.22. The molecule has 1 aliphatic carbocycles. The highest BCUT2D eigenvalue weighted by Gasteiger charge is 2.23. The Bertz CT molecular complexity index is 358. The fourth-order valence-corrected chi connectivity index (χ4v) is 3.51. The Kier molecular flexibility index (Phi) is 4.95. The van der Waals surface area contributed by atoms with E-state index in [0.29, 0.717) is 0 Å². The van der Waals surface area contributed by atoms with E-state index in [1.54, 1.807) is 11.3 Å². The monoisotopic (exact) mass is 268 g/mol. The lowest BCUT2D eigenvalue weighted by atomic mass is 9.84. The molecule has 18 heavy (non-hydrogen) atoms. The Morgan fingerprint density at radius 1 is 1.28 bits per heavy atom. The predicted molar refractivity (Wildman–Crippen MR) is 77.0 cm³/mol. The maximum atomic E-state index is 4.22. The van der Waals surface area contributed by atoms with Crippen LogP contribution in [0.3, 0.4) is 0 Å². The van der Waals surface area contributed by atoms with Crippen molar-refractivity contribution in [2.75, 3.05) is 19.4 Å². The number of aromatic nitrogens is 2. The molecule has 5 heteroatoms. The molecule has 1 heterocycles. The second kappa shape index (κ2) is 6.48. The molecule has 1 aromatic rings. The van der Waals surface area contributed by atoms with Gasteiger partial charge in [-0.15, -0.1) is 10.2 Å². The molecule has 0 aromatic carbocycles. The zero-order valence-corrected chi connectivity index (χ0v) is 12.5. The van der Waals surface area contributed by atoms with Crippen LogP contribution in [0.25, 0.3) is 0 Å². The summed E-state index contributed by atoms with van der Waals surface area (Å²) in [5, 5.41) is 13.4. The van der Waals surface area contributed by atoms with E-state index in [9.17, 15) is 0 Å². The van der Waals surface area contributed by atoms with Crippen LogP contribution in [0.4, 0.5) is 5.13 Å². The number of anilines is 1. The molecule has 1 aliphatic rings. The maximum Gasteiger partial charge on any atom is 0.205 e. The highest BCUT2D eigenvalue weighted by Crippen LogP contribution is 2.29. The number of nitrogens with one attached hydrogen (secondary N) is 1. The summed E-state index contributed by atoms with van der Waals surface area (Å²) < 4.78 is 0. The second-order valence-corrected chi connectivity index (χ2v) is 6.31. The first-order valence-electron chi connectivity index (χ1n) is 6.93. The largest absolute Gasteiger partial charge is 0.363 e. The van der Waals surface area contributed by atoms with Gasteiger partial charge in [-0.3, -0.25) is 4.90 Å². The van der Waals surface area contributed by atoms with E-state index in [1.165, 1.54) is 32.1 Å². The summed E-state index contributed by atoms with van der Waals surface area (Å²) in [5.41, 5.74) is 0. The Balaban J connectivity index is 1.82. The van der Waals surface area contributed by atoms with Crippen molar-refractivity contribution >= 4 is 16.5 Å². The van der Waals surface area contributed by atoms with Gasteiger partial charge < -0.3 is 5.32 Å². The first-order chi connectivity index (χ1) is 8.72. The Morgan fingerprint density at radius 3 is 2.56 bits per heavy atom. The molecule has 0 spiro atoms. The SMILES string of the molecule is CCC1CCC(N(C)Cc2nnc(NC)s2)CC1. The highest BCUT2D eigenvalue weighted by atomic mass is 32.1. The predicted octanol–water partition coefficient (Wildman–Crippen LogP) is 2.98. The molecule has 1 aromatic heterocycles. The number of hydrogen-bond donors (Lipinski definition) is 1. The first kappa shape index (κ1) is 13.7. The second-order valence-electron chi connectivity index (χ2n) is 5.25. The van der Waals surface area contributed by atoms with Gasteiger partial charge in [-0.05, 0) is 38.6 Å². The lowest BCUT2D eigenvalue weighted by Crippen LogP contribution is -2.34. The molecule has 1 fully saturated rings. The number of nitrogens with zero attached hydrogens (tertiary/aromatic N) is 3. The van der Waals surface area contributed by atoms with E-state index in [0.717, 1.165) is 28.6 Å². The van der Waals surface area contributed by atoms with Gasteiger partial charge in [-0.2, -0.15) is 0 Å². The van der Waals surface area contributed by atoms with Crippen molar-refractivity contribution in [1.29, 1.82) is 0 Å². The minimum absolute atomic E-state index is 0.731. The standard InChI is InChI=1S/C13H24N4S/c1-4-10-5-7-11(8-6-10)17(3)9-12-15-16-13(14-2)18-12/h10-11H,4-9H2,1-3H3,(H,14,16). The van der Waals surface area contributed by atoms with Crippen LogP contribution in [0.5, 0.6) is 0 Å². The van der Waals surface area contributed by atoms with E-state index in [2.05, 4.69) is 34.4 Å². The van der Waals surface area contributed by atoms with E-state index in [4.69, 9.17) is 0 Å². The van der Waals surface area contributed by atoms with Gasteiger partial charge in [-0.1, -0.05) is 24.7 Å². The zero-order valence-electron chi connectivity index (χ0n) is 11.6. The number of hydrogen-bond acceptors (Lipinski definition) is 5. The summed E-state index contributed by atoms with van der Waals surface area (Å²) in [6.45, 7) is 3.25. The topological polar surface area (TPSA) is 41.1 Å². The van der Waals surface area contributed by atoms with Crippen molar-refractivity contribution in [3.63, 3.8) is 0 Å². The third-order valence-corrected chi connectivity index (χ3v) is 5.01. The van der Waals surface area contributed by atoms with E-state index in [-0.39, 0.29) is 0 Å². The van der Waals surface area contributed by atoms with Crippen LogP contribution in [0.15, 0.2) is 0 Å². The van der Waals surface area contributed by atoms with Crippen LogP contribution in [0.2, 0.25) is 0 Å². The molecule has 4 nitrogen and oxygen atoms in total.